The fourth-order valence-corrected chi connectivity index (χ4v) is 2.87. The average Bonchev–Trinajstić information content (AvgIpc) is 2.84. The van der Waals surface area contributed by atoms with Crippen LogP contribution < -0.4 is 5.32 Å². The molecule has 6 heteroatoms. The van der Waals surface area contributed by atoms with Crippen LogP contribution in [0.3, 0.4) is 0 Å². The van der Waals surface area contributed by atoms with E-state index in [1.807, 2.05) is 18.8 Å². The third-order valence-electron chi connectivity index (χ3n) is 4.27. The highest BCUT2D eigenvalue weighted by molar-refractivity contribution is 14.0. The summed E-state index contributed by atoms with van der Waals surface area (Å²) in [7, 11) is 3.85. The zero-order valence-corrected chi connectivity index (χ0v) is 16.4. The minimum Gasteiger partial charge on any atom is -0.352 e. The van der Waals surface area contributed by atoms with Gasteiger partial charge in [0, 0.05) is 45.0 Å². The molecule has 0 radical (unpaired) electrons. The predicted molar refractivity (Wildman–Crippen MR) is 98.3 cm³/mol. The fourth-order valence-electron chi connectivity index (χ4n) is 2.87. The average molecular weight is 405 g/mol. The van der Waals surface area contributed by atoms with Crippen molar-refractivity contribution < 1.29 is 0 Å². The molecule has 0 spiro atoms. The van der Waals surface area contributed by atoms with E-state index in [0.29, 0.717) is 5.41 Å². The molecule has 1 fully saturated rings. The summed E-state index contributed by atoms with van der Waals surface area (Å²) in [5.74, 6) is 0.998. The summed E-state index contributed by atoms with van der Waals surface area (Å²) in [6.07, 6.45) is 1.22. The number of halogens is 1. The topological polar surface area (TPSA) is 45.5 Å². The highest BCUT2D eigenvalue weighted by Gasteiger charge is 2.30. The number of rotatable bonds is 2. The van der Waals surface area contributed by atoms with Crippen molar-refractivity contribution >= 4 is 29.9 Å². The first kappa shape index (κ1) is 18.3. The molecule has 1 aromatic rings. The number of nitrogens with one attached hydrogen (secondary N) is 1. The molecule has 0 aliphatic carbocycles. The molecular weight excluding hydrogens is 377 g/mol. The van der Waals surface area contributed by atoms with Gasteiger partial charge >= 0.3 is 0 Å². The van der Waals surface area contributed by atoms with E-state index in [9.17, 15) is 0 Å². The lowest BCUT2D eigenvalue weighted by atomic mass is 9.93. The molecule has 1 N–H and O–H groups in total. The molecule has 0 amide bonds. The van der Waals surface area contributed by atoms with E-state index in [1.54, 1.807) is 0 Å². The Morgan fingerprint density at radius 1 is 1.38 bits per heavy atom. The van der Waals surface area contributed by atoms with Gasteiger partial charge < -0.3 is 10.2 Å². The lowest BCUT2D eigenvalue weighted by Crippen LogP contribution is -2.40. The van der Waals surface area contributed by atoms with Gasteiger partial charge in [0.15, 0.2) is 5.96 Å². The van der Waals surface area contributed by atoms with Crippen molar-refractivity contribution in [2.75, 3.05) is 20.1 Å². The van der Waals surface area contributed by atoms with Crippen molar-refractivity contribution in [3.05, 3.63) is 17.0 Å². The number of hydrogen-bond acceptors (Lipinski definition) is 2. The second-order valence-electron chi connectivity index (χ2n) is 6.51. The van der Waals surface area contributed by atoms with Gasteiger partial charge in [-0.1, -0.05) is 13.8 Å². The molecule has 0 unspecified atom stereocenters. The van der Waals surface area contributed by atoms with Crippen LogP contribution in [0.25, 0.3) is 0 Å². The molecule has 120 valence electrons. The fraction of sp³-hybridized carbons (Fsp3) is 0.733. The van der Waals surface area contributed by atoms with Crippen molar-refractivity contribution in [2.45, 2.75) is 40.7 Å². The molecule has 2 heterocycles. The lowest BCUT2D eigenvalue weighted by Gasteiger charge is -2.23. The van der Waals surface area contributed by atoms with Crippen LogP contribution in [0.15, 0.2) is 4.99 Å². The smallest absolute Gasteiger partial charge is 0.193 e. The van der Waals surface area contributed by atoms with Gasteiger partial charge in [-0.2, -0.15) is 5.10 Å². The molecule has 0 bridgehead atoms. The van der Waals surface area contributed by atoms with E-state index in [-0.39, 0.29) is 24.0 Å². The first-order valence-electron chi connectivity index (χ1n) is 7.29. The standard InChI is InChI=1S/C15H27N5.HI/c1-11-13(12(2)19(6)18-11)9-17-14(16-5)20-8-7-15(3,4)10-20;/h7-10H2,1-6H3,(H,16,17);1H. The van der Waals surface area contributed by atoms with Gasteiger partial charge in [0.25, 0.3) is 0 Å². The van der Waals surface area contributed by atoms with Crippen LogP contribution in [0.1, 0.15) is 37.2 Å². The Bertz CT molecular complexity index is 518. The van der Waals surface area contributed by atoms with Crippen LogP contribution in [0.5, 0.6) is 0 Å². The van der Waals surface area contributed by atoms with Gasteiger partial charge in [-0.3, -0.25) is 9.67 Å². The molecule has 0 aromatic carbocycles. The highest BCUT2D eigenvalue weighted by Crippen LogP contribution is 2.28. The van der Waals surface area contributed by atoms with Crippen molar-refractivity contribution in [1.29, 1.82) is 0 Å². The number of guanidine groups is 1. The zero-order chi connectivity index (χ0) is 14.9. The largest absolute Gasteiger partial charge is 0.352 e. The Kier molecular flexibility index (Phi) is 6.07. The van der Waals surface area contributed by atoms with Crippen LogP contribution in [0.2, 0.25) is 0 Å². The van der Waals surface area contributed by atoms with E-state index in [1.165, 1.54) is 17.7 Å². The van der Waals surface area contributed by atoms with Gasteiger partial charge in [0.1, 0.15) is 0 Å². The van der Waals surface area contributed by atoms with Gasteiger partial charge in [0.05, 0.1) is 5.69 Å². The zero-order valence-electron chi connectivity index (χ0n) is 14.0. The Morgan fingerprint density at radius 3 is 2.48 bits per heavy atom. The SMILES string of the molecule is CN=C(NCc1c(C)nn(C)c1C)N1CCC(C)(C)C1.I. The molecule has 0 saturated carbocycles. The molecule has 1 aromatic heterocycles. The molecule has 0 atom stereocenters. The first-order chi connectivity index (χ1) is 9.34. The van der Waals surface area contributed by atoms with Gasteiger partial charge in [-0.25, -0.2) is 0 Å². The molecule has 1 aliphatic heterocycles. The van der Waals surface area contributed by atoms with E-state index in [2.05, 4.69) is 48.0 Å². The number of aliphatic imine (C=N–C) groups is 1. The quantitative estimate of drug-likeness (QED) is 0.467. The van der Waals surface area contributed by atoms with Crippen molar-refractivity contribution in [3.63, 3.8) is 0 Å². The summed E-state index contributed by atoms with van der Waals surface area (Å²) in [4.78, 5) is 6.77. The number of nitrogens with zero attached hydrogens (tertiary/aromatic N) is 4. The first-order valence-corrected chi connectivity index (χ1v) is 7.29. The Morgan fingerprint density at radius 2 is 2.05 bits per heavy atom. The van der Waals surface area contributed by atoms with Gasteiger partial charge in [-0.15, -0.1) is 24.0 Å². The number of likely N-dealkylation sites (tertiary alicyclic amines) is 1. The van der Waals surface area contributed by atoms with Crippen molar-refractivity contribution in [2.24, 2.45) is 17.5 Å². The van der Waals surface area contributed by atoms with Crippen LogP contribution >= 0.6 is 24.0 Å². The summed E-state index contributed by atoms with van der Waals surface area (Å²) in [5, 5.41) is 7.94. The van der Waals surface area contributed by atoms with E-state index < -0.39 is 0 Å². The van der Waals surface area contributed by atoms with Crippen LogP contribution in [0, 0.1) is 19.3 Å². The molecule has 1 saturated heterocycles. The van der Waals surface area contributed by atoms with Crippen molar-refractivity contribution in [3.8, 4) is 0 Å². The molecule has 5 nitrogen and oxygen atoms in total. The van der Waals surface area contributed by atoms with Crippen LogP contribution in [-0.2, 0) is 13.6 Å². The van der Waals surface area contributed by atoms with E-state index in [0.717, 1.165) is 31.3 Å². The number of aromatic nitrogens is 2. The van der Waals surface area contributed by atoms with E-state index >= 15 is 0 Å². The normalized spacial score (nSPS) is 17.8. The third-order valence-corrected chi connectivity index (χ3v) is 4.27. The predicted octanol–water partition coefficient (Wildman–Crippen LogP) is 2.46. The molecule has 21 heavy (non-hydrogen) atoms. The number of hydrogen-bond donors (Lipinski definition) is 1. The summed E-state index contributed by atoms with van der Waals surface area (Å²) in [5.41, 5.74) is 3.96. The van der Waals surface area contributed by atoms with E-state index in [4.69, 9.17) is 0 Å². The highest BCUT2D eigenvalue weighted by atomic mass is 127. The molecule has 2 rings (SSSR count). The maximum Gasteiger partial charge on any atom is 0.193 e. The third kappa shape index (κ3) is 4.11. The molecule has 1 aliphatic rings. The Hall–Kier alpha value is -0.790. The minimum atomic E-state index is 0. The van der Waals surface area contributed by atoms with Crippen molar-refractivity contribution in [1.82, 2.24) is 20.0 Å². The Balaban J connectivity index is 0.00000220. The summed E-state index contributed by atoms with van der Waals surface area (Å²) >= 11 is 0. The minimum absolute atomic E-state index is 0. The maximum atomic E-state index is 4.46. The molecular formula is C15H28IN5. The number of aryl methyl sites for hydroxylation is 2. The summed E-state index contributed by atoms with van der Waals surface area (Å²) in [6.45, 7) is 11.7. The van der Waals surface area contributed by atoms with Crippen LogP contribution in [-0.4, -0.2) is 40.8 Å². The summed E-state index contributed by atoms with van der Waals surface area (Å²) in [6, 6.07) is 0. The van der Waals surface area contributed by atoms with Gasteiger partial charge in [-0.05, 0) is 25.7 Å². The Labute approximate surface area is 145 Å². The second kappa shape index (κ2) is 6.98. The monoisotopic (exact) mass is 405 g/mol. The summed E-state index contributed by atoms with van der Waals surface area (Å²) < 4.78 is 1.94. The lowest BCUT2D eigenvalue weighted by molar-refractivity contribution is 0.370. The maximum absolute atomic E-state index is 4.46. The van der Waals surface area contributed by atoms with Gasteiger partial charge in [0.2, 0.25) is 0 Å². The van der Waals surface area contributed by atoms with Crippen LogP contribution in [0.4, 0.5) is 0 Å². The second-order valence-corrected chi connectivity index (χ2v) is 6.51.